The first-order valence-corrected chi connectivity index (χ1v) is 14.1. The summed E-state index contributed by atoms with van der Waals surface area (Å²) in [5, 5.41) is 9.66. The number of aryl methyl sites for hydroxylation is 2. The molecule has 3 N–H and O–H groups in total. The third-order valence-corrected chi connectivity index (χ3v) is 8.04. The monoisotopic (exact) mass is 536 g/mol. The molecule has 1 heterocycles. The van der Waals surface area contributed by atoms with Gasteiger partial charge in [-0.25, -0.2) is 0 Å². The molecule has 0 radical (unpaired) electrons. The number of hydrogen-bond acceptors (Lipinski definition) is 6. The SMILES string of the molecule is NC(=O)C1CCN(CC(COc2ccccc2CCc2ccccc2)OC(=O)C2CCCCC2C(=O)O)CC1. The van der Waals surface area contributed by atoms with Crippen LogP contribution in [0.15, 0.2) is 54.6 Å². The quantitative estimate of drug-likeness (QED) is 0.396. The van der Waals surface area contributed by atoms with Gasteiger partial charge in [-0.2, -0.15) is 0 Å². The van der Waals surface area contributed by atoms with Crippen molar-refractivity contribution in [2.75, 3.05) is 26.2 Å². The number of likely N-dealkylation sites (tertiary alicyclic amines) is 1. The topological polar surface area (TPSA) is 119 Å². The average molecular weight is 537 g/mol. The number of amides is 1. The number of esters is 1. The van der Waals surface area contributed by atoms with Crippen LogP contribution in [0.4, 0.5) is 0 Å². The third kappa shape index (κ3) is 8.30. The molecule has 39 heavy (non-hydrogen) atoms. The highest BCUT2D eigenvalue weighted by Gasteiger charge is 2.38. The molecular formula is C31H40N2O6. The highest BCUT2D eigenvalue weighted by molar-refractivity contribution is 5.81. The van der Waals surface area contributed by atoms with E-state index in [-0.39, 0.29) is 18.4 Å². The Bertz CT molecular complexity index is 1100. The Hall–Kier alpha value is -3.39. The number of benzene rings is 2. The summed E-state index contributed by atoms with van der Waals surface area (Å²) in [5.74, 6) is -2.40. The lowest BCUT2D eigenvalue weighted by Gasteiger charge is -2.34. The zero-order valence-corrected chi connectivity index (χ0v) is 22.5. The molecule has 1 aliphatic heterocycles. The van der Waals surface area contributed by atoms with Gasteiger partial charge in [0.05, 0.1) is 11.8 Å². The van der Waals surface area contributed by atoms with E-state index in [9.17, 15) is 19.5 Å². The normalized spacial score (nSPS) is 21.1. The number of carboxylic acid groups (broad SMARTS) is 1. The highest BCUT2D eigenvalue weighted by Crippen LogP contribution is 2.32. The second-order valence-corrected chi connectivity index (χ2v) is 10.8. The molecule has 1 saturated heterocycles. The van der Waals surface area contributed by atoms with Crippen LogP contribution in [0.5, 0.6) is 5.75 Å². The molecule has 2 fully saturated rings. The number of nitrogens with two attached hydrogens (primary N) is 1. The van der Waals surface area contributed by atoms with Crippen LogP contribution in [0.1, 0.15) is 49.7 Å². The van der Waals surface area contributed by atoms with E-state index >= 15 is 0 Å². The summed E-state index contributed by atoms with van der Waals surface area (Å²) in [6.07, 6.45) is 5.11. The Morgan fingerprint density at radius 3 is 2.26 bits per heavy atom. The number of piperidine rings is 1. The largest absolute Gasteiger partial charge is 0.489 e. The fourth-order valence-corrected chi connectivity index (χ4v) is 5.73. The summed E-state index contributed by atoms with van der Waals surface area (Å²) in [6, 6.07) is 18.2. The van der Waals surface area contributed by atoms with Crippen LogP contribution in [0.3, 0.4) is 0 Å². The van der Waals surface area contributed by atoms with E-state index in [1.807, 2.05) is 42.5 Å². The lowest BCUT2D eigenvalue weighted by molar-refractivity contribution is -0.165. The fourth-order valence-electron chi connectivity index (χ4n) is 5.73. The van der Waals surface area contributed by atoms with Crippen LogP contribution in [-0.4, -0.2) is 60.2 Å². The van der Waals surface area contributed by atoms with Gasteiger partial charge in [0.25, 0.3) is 0 Å². The molecule has 0 spiro atoms. The lowest BCUT2D eigenvalue weighted by atomic mass is 9.79. The van der Waals surface area contributed by atoms with Gasteiger partial charge in [0.15, 0.2) is 0 Å². The van der Waals surface area contributed by atoms with Crippen LogP contribution in [0, 0.1) is 17.8 Å². The smallest absolute Gasteiger partial charge is 0.310 e. The lowest BCUT2D eigenvalue weighted by Crippen LogP contribution is -2.45. The van der Waals surface area contributed by atoms with E-state index in [0.717, 1.165) is 37.0 Å². The number of carbonyl (C=O) groups excluding carboxylic acids is 2. The summed E-state index contributed by atoms with van der Waals surface area (Å²) in [6.45, 7) is 1.97. The van der Waals surface area contributed by atoms with Crippen molar-refractivity contribution in [1.29, 1.82) is 0 Å². The Labute approximate surface area is 230 Å². The first-order chi connectivity index (χ1) is 18.9. The number of carbonyl (C=O) groups is 3. The van der Waals surface area contributed by atoms with Crippen molar-refractivity contribution in [3.8, 4) is 5.75 Å². The molecule has 2 aromatic carbocycles. The Morgan fingerprint density at radius 2 is 1.56 bits per heavy atom. The minimum absolute atomic E-state index is 0.131. The molecule has 3 unspecified atom stereocenters. The maximum atomic E-state index is 13.2. The van der Waals surface area contributed by atoms with Gasteiger partial charge < -0.3 is 20.3 Å². The van der Waals surface area contributed by atoms with Crippen LogP contribution in [-0.2, 0) is 32.0 Å². The molecule has 1 amide bonds. The van der Waals surface area contributed by atoms with Crippen molar-refractivity contribution in [3.05, 3.63) is 65.7 Å². The van der Waals surface area contributed by atoms with Crippen molar-refractivity contribution < 1.29 is 29.0 Å². The van der Waals surface area contributed by atoms with Crippen molar-refractivity contribution in [3.63, 3.8) is 0 Å². The molecule has 0 aromatic heterocycles. The second kappa shape index (κ2) is 14.1. The molecule has 1 aliphatic carbocycles. The van der Waals surface area contributed by atoms with Crippen molar-refractivity contribution in [2.45, 2.75) is 57.5 Å². The van der Waals surface area contributed by atoms with Crippen molar-refractivity contribution in [1.82, 2.24) is 4.90 Å². The zero-order valence-electron chi connectivity index (χ0n) is 22.5. The number of nitrogens with zero attached hydrogens (tertiary/aromatic N) is 1. The number of hydrogen-bond donors (Lipinski definition) is 2. The minimum atomic E-state index is -0.940. The molecule has 4 rings (SSSR count). The van der Waals surface area contributed by atoms with E-state index in [1.165, 1.54) is 5.56 Å². The number of ether oxygens (including phenoxy) is 2. The maximum absolute atomic E-state index is 13.2. The van der Waals surface area contributed by atoms with Crippen LogP contribution in [0.2, 0.25) is 0 Å². The van der Waals surface area contributed by atoms with Crippen LogP contribution in [0.25, 0.3) is 0 Å². The van der Waals surface area contributed by atoms with Gasteiger partial charge in [-0.1, -0.05) is 61.4 Å². The summed E-state index contributed by atoms with van der Waals surface area (Å²) >= 11 is 0. The first-order valence-electron chi connectivity index (χ1n) is 14.1. The molecule has 8 heteroatoms. The molecule has 3 atom stereocenters. The molecule has 210 valence electrons. The molecule has 0 bridgehead atoms. The highest BCUT2D eigenvalue weighted by atomic mass is 16.6. The van der Waals surface area contributed by atoms with Crippen molar-refractivity contribution in [2.24, 2.45) is 23.5 Å². The molecule has 8 nitrogen and oxygen atoms in total. The number of para-hydroxylation sites is 1. The summed E-state index contributed by atoms with van der Waals surface area (Å²) in [7, 11) is 0. The standard InChI is InChI=1S/C31H40N2O6/c32-29(34)24-16-18-33(19-17-24)20-25(39-31(37)27-12-6-5-11-26(27)30(35)36)21-38-28-13-7-4-10-23(28)15-14-22-8-2-1-3-9-22/h1-4,7-10,13,24-27H,5-6,11-12,14-21H2,(H2,32,34)(H,35,36). The molecular weight excluding hydrogens is 496 g/mol. The number of aliphatic carboxylic acids is 1. The predicted octanol–water partition coefficient (Wildman–Crippen LogP) is 3.85. The maximum Gasteiger partial charge on any atom is 0.310 e. The number of carboxylic acids is 1. The molecule has 2 aliphatic rings. The number of rotatable bonds is 12. The van der Waals surface area contributed by atoms with Gasteiger partial charge in [-0.3, -0.25) is 19.3 Å². The van der Waals surface area contributed by atoms with Crippen LogP contribution < -0.4 is 10.5 Å². The van der Waals surface area contributed by atoms with Gasteiger partial charge >= 0.3 is 11.9 Å². The summed E-state index contributed by atoms with van der Waals surface area (Å²) < 4.78 is 12.2. The molecule has 2 aromatic rings. The Kier molecular flexibility index (Phi) is 10.4. The van der Waals surface area contributed by atoms with E-state index in [0.29, 0.717) is 45.3 Å². The van der Waals surface area contributed by atoms with Crippen molar-refractivity contribution >= 4 is 17.8 Å². The third-order valence-electron chi connectivity index (χ3n) is 8.04. The summed E-state index contributed by atoms with van der Waals surface area (Å²) in [4.78, 5) is 38.8. The minimum Gasteiger partial charge on any atom is -0.489 e. The van der Waals surface area contributed by atoms with Gasteiger partial charge in [-0.05, 0) is 68.8 Å². The Morgan fingerprint density at radius 1 is 0.897 bits per heavy atom. The van der Waals surface area contributed by atoms with Gasteiger partial charge in [0, 0.05) is 12.5 Å². The van der Waals surface area contributed by atoms with Gasteiger partial charge in [0.2, 0.25) is 5.91 Å². The first kappa shape index (κ1) is 28.6. The predicted molar refractivity (Wildman–Crippen MR) is 147 cm³/mol. The Balaban J connectivity index is 1.42. The fraction of sp³-hybridized carbons (Fsp3) is 0.516. The zero-order chi connectivity index (χ0) is 27.6. The molecule has 1 saturated carbocycles. The average Bonchev–Trinajstić information content (AvgIpc) is 2.96. The van der Waals surface area contributed by atoms with E-state index in [1.54, 1.807) is 0 Å². The van der Waals surface area contributed by atoms with Crippen LogP contribution >= 0.6 is 0 Å². The van der Waals surface area contributed by atoms with Gasteiger partial charge in [-0.15, -0.1) is 0 Å². The van der Waals surface area contributed by atoms with E-state index in [2.05, 4.69) is 17.0 Å². The van der Waals surface area contributed by atoms with E-state index < -0.39 is 29.9 Å². The number of primary amides is 1. The summed E-state index contributed by atoms with van der Waals surface area (Å²) in [5.41, 5.74) is 7.82. The van der Waals surface area contributed by atoms with E-state index in [4.69, 9.17) is 15.2 Å². The van der Waals surface area contributed by atoms with Gasteiger partial charge in [0.1, 0.15) is 18.5 Å². The second-order valence-electron chi connectivity index (χ2n) is 10.8.